The van der Waals surface area contributed by atoms with E-state index in [0.29, 0.717) is 6.04 Å². The first-order valence-corrected chi connectivity index (χ1v) is 8.55. The zero-order valence-electron chi connectivity index (χ0n) is 13.0. The Kier molecular flexibility index (Phi) is 5.71. The van der Waals surface area contributed by atoms with Crippen LogP contribution >= 0.6 is 11.6 Å². The minimum Gasteiger partial charge on any atom is -0.390 e. The van der Waals surface area contributed by atoms with Gasteiger partial charge in [0.25, 0.3) is 0 Å². The second kappa shape index (κ2) is 7.75. The second-order valence-electron chi connectivity index (χ2n) is 6.35. The molecule has 122 valence electrons. The highest BCUT2D eigenvalue weighted by molar-refractivity contribution is 6.30. The van der Waals surface area contributed by atoms with Crippen molar-refractivity contribution in [3.05, 3.63) is 34.9 Å². The molecule has 1 aliphatic heterocycles. The highest BCUT2D eigenvalue weighted by Gasteiger charge is 2.30. The number of morpholine rings is 1. The number of aliphatic hydroxyl groups is 1. The summed E-state index contributed by atoms with van der Waals surface area (Å²) in [5.74, 6) is 0. The summed E-state index contributed by atoms with van der Waals surface area (Å²) in [5.41, 5.74) is 1.26. The molecule has 2 fully saturated rings. The van der Waals surface area contributed by atoms with Crippen molar-refractivity contribution in [1.29, 1.82) is 0 Å². The number of hydrogen-bond acceptors (Lipinski definition) is 4. The van der Waals surface area contributed by atoms with Crippen LogP contribution in [-0.4, -0.2) is 66.4 Å². The van der Waals surface area contributed by atoms with Gasteiger partial charge in [-0.25, -0.2) is 0 Å². The first kappa shape index (κ1) is 16.2. The average Bonchev–Trinajstić information content (AvgIpc) is 3.34. The first-order valence-electron chi connectivity index (χ1n) is 8.17. The molecule has 5 heteroatoms. The third-order valence-corrected chi connectivity index (χ3v) is 4.63. The van der Waals surface area contributed by atoms with E-state index in [-0.39, 0.29) is 6.10 Å². The molecule has 3 rings (SSSR count). The molecule has 1 saturated heterocycles. The molecule has 0 amide bonds. The number of benzene rings is 1. The Bertz CT molecular complexity index is 458. The van der Waals surface area contributed by atoms with Crippen LogP contribution < -0.4 is 0 Å². The van der Waals surface area contributed by atoms with Gasteiger partial charge in [-0.1, -0.05) is 23.7 Å². The highest BCUT2D eigenvalue weighted by atomic mass is 35.5. The number of β-amino-alcohol motifs (C(OH)–C–C–N with tert-alkyl or cyclic N) is 1. The summed E-state index contributed by atoms with van der Waals surface area (Å²) in [6, 6.07) is 8.66. The van der Waals surface area contributed by atoms with Gasteiger partial charge in [-0.2, -0.15) is 0 Å². The van der Waals surface area contributed by atoms with Crippen molar-refractivity contribution in [2.75, 3.05) is 39.4 Å². The molecule has 1 aliphatic carbocycles. The first-order chi connectivity index (χ1) is 10.7. The largest absolute Gasteiger partial charge is 0.390 e. The number of halogens is 1. The van der Waals surface area contributed by atoms with Crippen LogP contribution in [0.3, 0.4) is 0 Å². The maximum Gasteiger partial charge on any atom is 0.0794 e. The van der Waals surface area contributed by atoms with Crippen molar-refractivity contribution < 1.29 is 9.84 Å². The molecule has 0 aromatic heterocycles. The van der Waals surface area contributed by atoms with Gasteiger partial charge in [0.15, 0.2) is 0 Å². The van der Waals surface area contributed by atoms with E-state index in [0.717, 1.165) is 51.0 Å². The predicted molar refractivity (Wildman–Crippen MR) is 88.1 cm³/mol. The van der Waals surface area contributed by atoms with Crippen molar-refractivity contribution in [3.63, 3.8) is 0 Å². The summed E-state index contributed by atoms with van der Waals surface area (Å²) < 4.78 is 5.35. The van der Waals surface area contributed by atoms with Crippen LogP contribution in [0.5, 0.6) is 0 Å². The Morgan fingerprint density at radius 3 is 2.55 bits per heavy atom. The second-order valence-corrected chi connectivity index (χ2v) is 6.79. The van der Waals surface area contributed by atoms with E-state index in [9.17, 15) is 5.11 Å². The summed E-state index contributed by atoms with van der Waals surface area (Å²) in [6.45, 7) is 5.79. The van der Waals surface area contributed by atoms with Gasteiger partial charge in [0, 0.05) is 43.8 Å². The molecule has 2 aliphatic rings. The fourth-order valence-electron chi connectivity index (χ4n) is 3.02. The van der Waals surface area contributed by atoms with Crippen LogP contribution in [-0.2, 0) is 11.3 Å². The maximum atomic E-state index is 10.4. The zero-order chi connectivity index (χ0) is 15.4. The molecule has 1 saturated carbocycles. The molecule has 4 nitrogen and oxygen atoms in total. The molecule has 22 heavy (non-hydrogen) atoms. The number of ether oxygens (including phenoxy) is 1. The Labute approximate surface area is 137 Å². The topological polar surface area (TPSA) is 35.9 Å². The Morgan fingerprint density at radius 1 is 1.23 bits per heavy atom. The van der Waals surface area contributed by atoms with Gasteiger partial charge in [-0.05, 0) is 30.5 Å². The van der Waals surface area contributed by atoms with E-state index in [1.165, 1.54) is 18.4 Å². The van der Waals surface area contributed by atoms with Gasteiger partial charge >= 0.3 is 0 Å². The summed E-state index contributed by atoms with van der Waals surface area (Å²) in [4.78, 5) is 4.70. The van der Waals surface area contributed by atoms with Gasteiger partial charge in [0.1, 0.15) is 0 Å². The smallest absolute Gasteiger partial charge is 0.0794 e. The molecule has 1 N–H and O–H groups in total. The standard InChI is InChI=1S/C17H25ClN2O2/c18-15-3-1-14(2-4-15)11-20(16-5-6-16)13-17(21)12-19-7-9-22-10-8-19/h1-4,16-17,21H,5-13H2. The van der Waals surface area contributed by atoms with Crippen LogP contribution in [0.25, 0.3) is 0 Å². The van der Waals surface area contributed by atoms with E-state index in [4.69, 9.17) is 16.3 Å². The van der Waals surface area contributed by atoms with Gasteiger partial charge in [-0.15, -0.1) is 0 Å². The fourth-order valence-corrected chi connectivity index (χ4v) is 3.14. The molecule has 0 bridgehead atoms. The Morgan fingerprint density at radius 2 is 1.91 bits per heavy atom. The summed E-state index contributed by atoms with van der Waals surface area (Å²) in [7, 11) is 0. The molecule has 1 heterocycles. The Hall–Kier alpha value is -0.650. The molecule has 1 atom stereocenters. The minimum atomic E-state index is -0.300. The van der Waals surface area contributed by atoms with Crippen molar-refractivity contribution >= 4 is 11.6 Å². The normalized spacial score (nSPS) is 21.2. The van der Waals surface area contributed by atoms with Crippen LogP contribution in [0.1, 0.15) is 18.4 Å². The van der Waals surface area contributed by atoms with Gasteiger partial charge < -0.3 is 9.84 Å². The molecule has 1 aromatic rings. The van der Waals surface area contributed by atoms with Crippen molar-refractivity contribution in [3.8, 4) is 0 Å². The highest BCUT2D eigenvalue weighted by Crippen LogP contribution is 2.28. The van der Waals surface area contributed by atoms with Crippen LogP contribution in [0.2, 0.25) is 5.02 Å². The molecule has 1 unspecified atom stereocenters. The van der Waals surface area contributed by atoms with Crippen LogP contribution in [0, 0.1) is 0 Å². The van der Waals surface area contributed by atoms with Crippen molar-refractivity contribution in [2.24, 2.45) is 0 Å². The molecule has 0 spiro atoms. The average molecular weight is 325 g/mol. The fraction of sp³-hybridized carbons (Fsp3) is 0.647. The van der Waals surface area contributed by atoms with Crippen LogP contribution in [0.15, 0.2) is 24.3 Å². The summed E-state index contributed by atoms with van der Waals surface area (Å²) in [6.07, 6.45) is 2.20. The summed E-state index contributed by atoms with van der Waals surface area (Å²) in [5, 5.41) is 11.2. The molecule has 1 aromatic carbocycles. The third kappa shape index (κ3) is 4.93. The predicted octanol–water partition coefficient (Wildman–Crippen LogP) is 2.00. The van der Waals surface area contributed by atoms with Crippen molar-refractivity contribution in [2.45, 2.75) is 31.5 Å². The molecule has 0 radical (unpaired) electrons. The number of aliphatic hydroxyl groups excluding tert-OH is 1. The van der Waals surface area contributed by atoms with E-state index in [1.54, 1.807) is 0 Å². The maximum absolute atomic E-state index is 10.4. The van der Waals surface area contributed by atoms with Gasteiger partial charge in [0.05, 0.1) is 19.3 Å². The number of hydrogen-bond donors (Lipinski definition) is 1. The monoisotopic (exact) mass is 324 g/mol. The number of rotatable bonds is 7. The molecular weight excluding hydrogens is 300 g/mol. The molecular formula is C17H25ClN2O2. The van der Waals surface area contributed by atoms with Crippen LogP contribution in [0.4, 0.5) is 0 Å². The lowest BCUT2D eigenvalue weighted by Gasteiger charge is -2.31. The van der Waals surface area contributed by atoms with E-state index < -0.39 is 0 Å². The summed E-state index contributed by atoms with van der Waals surface area (Å²) >= 11 is 5.95. The van der Waals surface area contributed by atoms with Crippen molar-refractivity contribution in [1.82, 2.24) is 9.80 Å². The number of nitrogens with zero attached hydrogens (tertiary/aromatic N) is 2. The third-order valence-electron chi connectivity index (χ3n) is 4.38. The van der Waals surface area contributed by atoms with E-state index in [2.05, 4.69) is 21.9 Å². The van der Waals surface area contributed by atoms with Gasteiger partial charge in [-0.3, -0.25) is 9.80 Å². The lowest BCUT2D eigenvalue weighted by Crippen LogP contribution is -2.45. The lowest BCUT2D eigenvalue weighted by molar-refractivity contribution is 0.00552. The SMILES string of the molecule is OC(CN1CCOCC1)CN(Cc1ccc(Cl)cc1)C1CC1. The Balaban J connectivity index is 1.51. The minimum absolute atomic E-state index is 0.300. The van der Waals surface area contributed by atoms with Gasteiger partial charge in [0.2, 0.25) is 0 Å². The van der Waals surface area contributed by atoms with E-state index in [1.807, 2.05) is 12.1 Å². The quantitative estimate of drug-likeness (QED) is 0.832. The lowest BCUT2D eigenvalue weighted by atomic mass is 10.2. The van der Waals surface area contributed by atoms with E-state index >= 15 is 0 Å². The zero-order valence-corrected chi connectivity index (χ0v) is 13.7.